The maximum absolute atomic E-state index is 12.2. The number of halogens is 1. The Labute approximate surface area is 131 Å². The molecule has 0 unspecified atom stereocenters. The van der Waals surface area contributed by atoms with Crippen LogP contribution in [0.15, 0.2) is 41.3 Å². The molecule has 0 saturated heterocycles. The fourth-order valence-corrected chi connectivity index (χ4v) is 2.31. The van der Waals surface area contributed by atoms with Gasteiger partial charge >= 0.3 is 0 Å². The van der Waals surface area contributed by atoms with E-state index in [1.165, 1.54) is 17.9 Å². The van der Waals surface area contributed by atoms with E-state index in [4.69, 9.17) is 11.6 Å². The zero-order valence-electron chi connectivity index (χ0n) is 12.0. The molecule has 3 rings (SSSR count). The summed E-state index contributed by atoms with van der Waals surface area (Å²) in [5.41, 5.74) is 1.94. The lowest BCUT2D eigenvalue weighted by atomic mass is 10.1. The summed E-state index contributed by atoms with van der Waals surface area (Å²) in [7, 11) is 1.52. The first-order valence-corrected chi connectivity index (χ1v) is 6.93. The van der Waals surface area contributed by atoms with Crippen molar-refractivity contribution >= 4 is 11.6 Å². The summed E-state index contributed by atoms with van der Waals surface area (Å²) in [4.78, 5) is 12.2. The number of benzene rings is 1. The Morgan fingerprint density at radius 2 is 1.91 bits per heavy atom. The fraction of sp³-hybridized carbons (Fsp3) is 0.133. The highest BCUT2D eigenvalue weighted by Gasteiger charge is 2.16. The van der Waals surface area contributed by atoms with E-state index in [0.29, 0.717) is 10.7 Å². The third-order valence-electron chi connectivity index (χ3n) is 3.33. The van der Waals surface area contributed by atoms with Crippen molar-refractivity contribution in [3.05, 3.63) is 57.6 Å². The first kappa shape index (κ1) is 14.3. The minimum Gasteiger partial charge on any atom is -0.504 e. The van der Waals surface area contributed by atoms with E-state index in [1.807, 2.05) is 25.1 Å². The van der Waals surface area contributed by atoms with Crippen LogP contribution in [-0.2, 0) is 7.05 Å². The molecule has 1 aromatic carbocycles. The van der Waals surface area contributed by atoms with E-state index in [0.717, 1.165) is 15.9 Å². The van der Waals surface area contributed by atoms with Gasteiger partial charge in [0.2, 0.25) is 0 Å². The van der Waals surface area contributed by atoms with Crippen molar-refractivity contribution in [1.82, 2.24) is 19.6 Å². The molecule has 2 aromatic heterocycles. The summed E-state index contributed by atoms with van der Waals surface area (Å²) in [6, 6.07) is 9.07. The molecular weight excluding hydrogens is 304 g/mol. The molecule has 2 heterocycles. The van der Waals surface area contributed by atoms with E-state index in [9.17, 15) is 9.90 Å². The van der Waals surface area contributed by atoms with E-state index in [2.05, 4.69) is 10.2 Å². The van der Waals surface area contributed by atoms with Crippen LogP contribution < -0.4 is 5.56 Å². The van der Waals surface area contributed by atoms with Crippen LogP contribution in [0.2, 0.25) is 5.02 Å². The molecule has 22 heavy (non-hydrogen) atoms. The van der Waals surface area contributed by atoms with Crippen LogP contribution in [0.25, 0.3) is 16.9 Å². The zero-order chi connectivity index (χ0) is 15.9. The summed E-state index contributed by atoms with van der Waals surface area (Å²) in [5.74, 6) is -0.211. The Bertz CT molecular complexity index is 897. The predicted molar refractivity (Wildman–Crippen MR) is 83.4 cm³/mol. The quantitative estimate of drug-likeness (QED) is 0.787. The zero-order valence-corrected chi connectivity index (χ0v) is 12.7. The van der Waals surface area contributed by atoms with Crippen LogP contribution in [0.1, 0.15) is 5.69 Å². The van der Waals surface area contributed by atoms with Gasteiger partial charge in [-0.3, -0.25) is 4.79 Å². The molecule has 0 radical (unpaired) electrons. The van der Waals surface area contributed by atoms with E-state index in [1.54, 1.807) is 12.1 Å². The monoisotopic (exact) mass is 316 g/mol. The van der Waals surface area contributed by atoms with Crippen molar-refractivity contribution in [3.8, 4) is 22.7 Å². The standard InChI is InChI=1S/C15H13ClN4O2/c1-9-7-12(10-3-5-11(16)6-4-10)18-20(9)14-13(21)8-17-19(2)15(14)22/h3-8,21H,1-2H3. The van der Waals surface area contributed by atoms with E-state index >= 15 is 0 Å². The molecule has 0 aliphatic heterocycles. The second-order valence-corrected chi connectivity index (χ2v) is 5.33. The average molecular weight is 317 g/mol. The van der Waals surface area contributed by atoms with Crippen LogP contribution >= 0.6 is 11.6 Å². The molecule has 0 atom stereocenters. The highest BCUT2D eigenvalue weighted by Crippen LogP contribution is 2.24. The van der Waals surface area contributed by atoms with Gasteiger partial charge in [0.1, 0.15) is 0 Å². The van der Waals surface area contributed by atoms with Crippen LogP contribution in [-0.4, -0.2) is 24.7 Å². The number of rotatable bonds is 2. The molecule has 112 valence electrons. The number of aryl methyl sites for hydroxylation is 2. The lowest BCUT2D eigenvalue weighted by molar-refractivity contribution is 0.458. The number of nitrogens with zero attached hydrogens (tertiary/aromatic N) is 4. The third kappa shape index (κ3) is 2.37. The Morgan fingerprint density at radius 3 is 2.59 bits per heavy atom. The summed E-state index contributed by atoms with van der Waals surface area (Å²) >= 11 is 5.88. The van der Waals surface area contributed by atoms with Gasteiger partial charge < -0.3 is 5.11 Å². The summed E-state index contributed by atoms with van der Waals surface area (Å²) < 4.78 is 2.57. The van der Waals surface area contributed by atoms with Gasteiger partial charge in [0.15, 0.2) is 11.4 Å². The van der Waals surface area contributed by atoms with Crippen molar-refractivity contribution in [2.45, 2.75) is 6.92 Å². The fourth-order valence-electron chi connectivity index (χ4n) is 2.18. The number of aromatic nitrogens is 4. The van der Waals surface area contributed by atoms with Crippen molar-refractivity contribution in [3.63, 3.8) is 0 Å². The first-order valence-electron chi connectivity index (χ1n) is 6.55. The normalized spacial score (nSPS) is 10.9. The summed E-state index contributed by atoms with van der Waals surface area (Å²) in [6.45, 7) is 1.81. The third-order valence-corrected chi connectivity index (χ3v) is 3.58. The van der Waals surface area contributed by atoms with Crippen LogP contribution in [0.4, 0.5) is 0 Å². The molecule has 7 heteroatoms. The Balaban J connectivity index is 2.17. The number of hydrogen-bond acceptors (Lipinski definition) is 4. The maximum Gasteiger partial charge on any atom is 0.296 e. The molecule has 0 saturated carbocycles. The summed E-state index contributed by atoms with van der Waals surface area (Å²) in [6.07, 6.45) is 1.22. The van der Waals surface area contributed by atoms with Crippen LogP contribution in [0, 0.1) is 6.92 Å². The highest BCUT2D eigenvalue weighted by atomic mass is 35.5. The van der Waals surface area contributed by atoms with Gasteiger partial charge in [0.05, 0.1) is 11.9 Å². The lowest BCUT2D eigenvalue weighted by Gasteiger charge is -2.06. The van der Waals surface area contributed by atoms with Gasteiger partial charge in [0.25, 0.3) is 5.56 Å². The van der Waals surface area contributed by atoms with Gasteiger partial charge in [0, 0.05) is 23.3 Å². The molecule has 0 aliphatic carbocycles. The summed E-state index contributed by atoms with van der Waals surface area (Å²) in [5, 5.41) is 18.8. The van der Waals surface area contributed by atoms with Crippen molar-refractivity contribution in [1.29, 1.82) is 0 Å². The van der Waals surface area contributed by atoms with E-state index in [-0.39, 0.29) is 11.4 Å². The molecule has 0 bridgehead atoms. The van der Waals surface area contributed by atoms with Crippen molar-refractivity contribution in [2.75, 3.05) is 0 Å². The lowest BCUT2D eigenvalue weighted by Crippen LogP contribution is -2.24. The largest absolute Gasteiger partial charge is 0.504 e. The van der Waals surface area contributed by atoms with Gasteiger partial charge in [-0.25, -0.2) is 9.36 Å². The number of hydrogen-bond donors (Lipinski definition) is 1. The molecule has 3 aromatic rings. The molecule has 0 fully saturated rings. The van der Waals surface area contributed by atoms with Gasteiger partial charge in [-0.15, -0.1) is 0 Å². The number of aromatic hydroxyl groups is 1. The van der Waals surface area contributed by atoms with Gasteiger partial charge in [-0.2, -0.15) is 10.2 Å². The topological polar surface area (TPSA) is 72.9 Å². The van der Waals surface area contributed by atoms with Crippen molar-refractivity contribution in [2.24, 2.45) is 7.05 Å². The van der Waals surface area contributed by atoms with Gasteiger partial charge in [-0.05, 0) is 25.1 Å². The molecule has 1 N–H and O–H groups in total. The van der Waals surface area contributed by atoms with Crippen LogP contribution in [0.5, 0.6) is 5.75 Å². The Morgan fingerprint density at radius 1 is 1.23 bits per heavy atom. The first-order chi connectivity index (χ1) is 10.5. The highest BCUT2D eigenvalue weighted by molar-refractivity contribution is 6.30. The van der Waals surface area contributed by atoms with E-state index < -0.39 is 5.56 Å². The average Bonchev–Trinajstić information content (AvgIpc) is 2.86. The van der Waals surface area contributed by atoms with Crippen LogP contribution in [0.3, 0.4) is 0 Å². The smallest absolute Gasteiger partial charge is 0.296 e. The minimum atomic E-state index is -0.422. The molecular formula is C15H13ClN4O2. The molecule has 6 nitrogen and oxygen atoms in total. The Hall–Kier alpha value is -2.60. The molecule has 0 spiro atoms. The maximum atomic E-state index is 12.2. The SMILES string of the molecule is Cc1cc(-c2ccc(Cl)cc2)nn1-c1c(O)cnn(C)c1=O. The second-order valence-electron chi connectivity index (χ2n) is 4.90. The second kappa shape index (κ2) is 5.31. The molecule has 0 aliphatic rings. The molecule has 0 amide bonds. The van der Waals surface area contributed by atoms with Gasteiger partial charge in [-0.1, -0.05) is 23.7 Å². The predicted octanol–water partition coefficient (Wildman–Crippen LogP) is 2.30. The Kier molecular flexibility index (Phi) is 3.46. The van der Waals surface area contributed by atoms with Crippen molar-refractivity contribution < 1.29 is 5.11 Å². The minimum absolute atomic E-state index is 0.0789.